The van der Waals surface area contributed by atoms with E-state index in [4.69, 9.17) is 20.9 Å². The van der Waals surface area contributed by atoms with Gasteiger partial charge in [0.25, 0.3) is 0 Å². The lowest BCUT2D eigenvalue weighted by atomic mass is 9.90. The Balaban J connectivity index is 0.713. The summed E-state index contributed by atoms with van der Waals surface area (Å²) in [6.45, 7) is 8.40. The number of nitrogens with zero attached hydrogens (tertiary/aromatic N) is 8. The first-order chi connectivity index (χ1) is 27.8. The molecule has 6 N–H and O–H groups in total. The third-order valence-electron chi connectivity index (χ3n) is 11.4. The number of aromatic nitrogens is 8. The van der Waals surface area contributed by atoms with Crippen LogP contribution in [0.2, 0.25) is 0 Å². The SMILES string of the molecule is CC(C)(CCSSCCC(C)(C)C(=O)OC[C@@H]1C=C[C@H](n2cnc3c(NC4CC4)nc(N)nc32)C1)C(=O)OC[C@@H]1C=C[C@H](n2cnc3c(NC4CC4)nc(N)nc32)C1. The summed E-state index contributed by atoms with van der Waals surface area (Å²) in [5.41, 5.74) is 13.7. The van der Waals surface area contributed by atoms with E-state index in [9.17, 15) is 9.59 Å². The second-order valence-electron chi connectivity index (χ2n) is 17.4. The maximum Gasteiger partial charge on any atom is 0.311 e. The molecule has 0 spiro atoms. The highest BCUT2D eigenvalue weighted by atomic mass is 33.1. The minimum atomic E-state index is -0.617. The van der Waals surface area contributed by atoms with E-state index in [1.165, 1.54) is 0 Å². The van der Waals surface area contributed by atoms with E-state index in [-0.39, 0.29) is 47.8 Å². The number of hydrogen-bond donors (Lipinski definition) is 4. The van der Waals surface area contributed by atoms with Gasteiger partial charge in [0.2, 0.25) is 11.9 Å². The van der Waals surface area contributed by atoms with Crippen molar-refractivity contribution in [3.63, 3.8) is 0 Å². The van der Waals surface area contributed by atoms with Crippen molar-refractivity contribution in [2.45, 2.75) is 103 Å². The van der Waals surface area contributed by atoms with Crippen LogP contribution in [0.5, 0.6) is 0 Å². The maximum atomic E-state index is 13.2. The van der Waals surface area contributed by atoms with E-state index in [0.717, 1.165) is 61.1 Å². The first-order valence-corrected chi connectivity index (χ1v) is 22.8. The van der Waals surface area contributed by atoms with Gasteiger partial charge in [0.05, 0.1) is 48.8 Å². The Kier molecular flexibility index (Phi) is 11.5. The molecule has 0 unspecified atom stereocenters. The van der Waals surface area contributed by atoms with Crippen LogP contribution in [0.1, 0.15) is 91.1 Å². The largest absolute Gasteiger partial charge is 0.465 e. The maximum absolute atomic E-state index is 13.2. The molecule has 4 aromatic heterocycles. The molecule has 2 saturated carbocycles. The van der Waals surface area contributed by atoms with E-state index >= 15 is 0 Å². The molecular weight excluding hydrogens is 777 g/mol. The van der Waals surface area contributed by atoms with Gasteiger partial charge in [0.1, 0.15) is 0 Å². The fourth-order valence-corrected chi connectivity index (χ4v) is 9.86. The highest BCUT2D eigenvalue weighted by Gasteiger charge is 2.34. The summed E-state index contributed by atoms with van der Waals surface area (Å²) >= 11 is 0. The van der Waals surface area contributed by atoms with Gasteiger partial charge in [-0.3, -0.25) is 9.59 Å². The first-order valence-electron chi connectivity index (χ1n) is 20.3. The Morgan fingerprint density at radius 3 is 1.50 bits per heavy atom. The Bertz CT molecular complexity index is 2060. The number of rotatable bonds is 19. The number of nitrogen functional groups attached to an aromatic ring is 2. The van der Waals surface area contributed by atoms with Crippen molar-refractivity contribution in [2.75, 3.05) is 46.8 Å². The van der Waals surface area contributed by atoms with Crippen molar-refractivity contribution >= 4 is 79.4 Å². The van der Waals surface area contributed by atoms with Gasteiger partial charge >= 0.3 is 11.9 Å². The molecule has 0 aliphatic heterocycles. The van der Waals surface area contributed by atoms with Crippen molar-refractivity contribution in [2.24, 2.45) is 22.7 Å². The number of imidazole rings is 2. The van der Waals surface area contributed by atoms with Crippen LogP contribution in [0.15, 0.2) is 37.0 Å². The molecule has 4 atom stereocenters. The number of carbonyl (C=O) groups excluding carboxylic acids is 2. The lowest BCUT2D eigenvalue weighted by Gasteiger charge is -2.24. The fourth-order valence-electron chi connectivity index (χ4n) is 7.23. The minimum absolute atomic E-state index is 0.0392. The summed E-state index contributed by atoms with van der Waals surface area (Å²) < 4.78 is 15.7. The number of fused-ring (bicyclic) bond motifs is 2. The number of esters is 2. The van der Waals surface area contributed by atoms with Gasteiger partial charge in [0.15, 0.2) is 34.0 Å². The monoisotopic (exact) mass is 830 g/mol. The molecule has 0 saturated heterocycles. The molecule has 2 fully saturated rings. The van der Waals surface area contributed by atoms with Crippen molar-refractivity contribution in [3.05, 3.63) is 37.0 Å². The predicted molar refractivity (Wildman–Crippen MR) is 229 cm³/mol. The quantitative estimate of drug-likeness (QED) is 0.0343. The number of nitrogens with two attached hydrogens (primary N) is 2. The van der Waals surface area contributed by atoms with Crippen molar-refractivity contribution in [1.82, 2.24) is 39.0 Å². The zero-order valence-corrected chi connectivity index (χ0v) is 35.2. The van der Waals surface area contributed by atoms with Crippen LogP contribution in [-0.2, 0) is 19.1 Å². The molecule has 58 heavy (non-hydrogen) atoms. The van der Waals surface area contributed by atoms with Gasteiger partial charge in [-0.25, -0.2) is 9.97 Å². The van der Waals surface area contributed by atoms with Crippen LogP contribution in [0, 0.1) is 22.7 Å². The van der Waals surface area contributed by atoms with E-state index in [0.29, 0.717) is 61.1 Å². The molecule has 8 rings (SSSR count). The van der Waals surface area contributed by atoms with Crippen molar-refractivity contribution in [1.29, 1.82) is 0 Å². The average Bonchev–Trinajstić information content (AvgIpc) is 3.91. The summed E-state index contributed by atoms with van der Waals surface area (Å²) in [6, 6.07) is 0.920. The van der Waals surface area contributed by atoms with Gasteiger partial charge < -0.3 is 40.7 Å². The number of allylic oxidation sites excluding steroid dienone is 2. The molecular formula is C40H54N12O4S2. The lowest BCUT2D eigenvalue weighted by molar-refractivity contribution is -0.155. The molecule has 4 aliphatic rings. The number of anilines is 4. The average molecular weight is 831 g/mol. The highest BCUT2D eigenvalue weighted by Crippen LogP contribution is 2.37. The normalized spacial score (nSPS) is 21.9. The summed E-state index contributed by atoms with van der Waals surface area (Å²) in [5, 5.41) is 6.81. The topological polar surface area (TPSA) is 216 Å². The number of ether oxygens (including phenoxy) is 2. The Morgan fingerprint density at radius 1 is 0.690 bits per heavy atom. The third-order valence-corrected chi connectivity index (χ3v) is 13.8. The van der Waals surface area contributed by atoms with Gasteiger partial charge in [-0.1, -0.05) is 45.9 Å². The van der Waals surface area contributed by atoms with E-state index in [1.807, 2.05) is 36.8 Å². The second kappa shape index (κ2) is 16.6. The molecule has 0 aromatic carbocycles. The molecule has 4 aromatic rings. The molecule has 16 nitrogen and oxygen atoms in total. The fraction of sp³-hybridized carbons (Fsp3) is 0.600. The van der Waals surface area contributed by atoms with E-state index in [2.05, 4.69) is 64.8 Å². The summed E-state index contributed by atoms with van der Waals surface area (Å²) in [4.78, 5) is 53.2. The summed E-state index contributed by atoms with van der Waals surface area (Å²) in [7, 11) is 3.44. The van der Waals surface area contributed by atoms with Gasteiger partial charge in [-0.2, -0.15) is 19.9 Å². The molecule has 0 radical (unpaired) electrons. The third kappa shape index (κ3) is 9.32. The molecule has 4 heterocycles. The van der Waals surface area contributed by atoms with E-state index in [1.54, 1.807) is 34.2 Å². The van der Waals surface area contributed by atoms with Crippen LogP contribution in [0.25, 0.3) is 22.3 Å². The highest BCUT2D eigenvalue weighted by molar-refractivity contribution is 8.76. The molecule has 4 aliphatic carbocycles. The van der Waals surface area contributed by atoms with Crippen molar-refractivity contribution < 1.29 is 19.1 Å². The lowest BCUT2D eigenvalue weighted by Crippen LogP contribution is -2.29. The van der Waals surface area contributed by atoms with Crippen LogP contribution < -0.4 is 22.1 Å². The van der Waals surface area contributed by atoms with E-state index < -0.39 is 10.8 Å². The second-order valence-corrected chi connectivity index (χ2v) is 20.1. The molecule has 18 heteroatoms. The van der Waals surface area contributed by atoms with Crippen LogP contribution >= 0.6 is 21.6 Å². The minimum Gasteiger partial charge on any atom is -0.465 e. The van der Waals surface area contributed by atoms with Gasteiger partial charge in [-0.15, -0.1) is 0 Å². The van der Waals surface area contributed by atoms with Crippen LogP contribution in [-0.4, -0.2) is 87.8 Å². The zero-order valence-electron chi connectivity index (χ0n) is 33.6. The molecule has 0 amide bonds. The summed E-state index contributed by atoms with van der Waals surface area (Å²) in [6.07, 6.45) is 19.4. The first kappa shape index (κ1) is 40.2. The Hall–Kier alpha value is -4.58. The molecule has 310 valence electrons. The molecule has 0 bridgehead atoms. The number of carbonyl (C=O) groups is 2. The number of nitrogens with one attached hydrogen (secondary N) is 2. The zero-order chi connectivity index (χ0) is 40.6. The van der Waals surface area contributed by atoms with Crippen LogP contribution in [0.4, 0.5) is 23.5 Å². The Morgan fingerprint density at radius 2 is 1.10 bits per heavy atom. The smallest absolute Gasteiger partial charge is 0.311 e. The van der Waals surface area contributed by atoms with Gasteiger partial charge in [-0.05, 0) is 79.1 Å². The van der Waals surface area contributed by atoms with Gasteiger partial charge in [0, 0.05) is 35.4 Å². The summed E-state index contributed by atoms with van der Waals surface area (Å²) in [5.74, 6) is 3.18. The number of hydrogen-bond acceptors (Lipinski definition) is 16. The van der Waals surface area contributed by atoms with Crippen molar-refractivity contribution in [3.8, 4) is 0 Å². The Labute approximate surface area is 346 Å². The van der Waals surface area contributed by atoms with Crippen LogP contribution in [0.3, 0.4) is 0 Å². The predicted octanol–water partition coefficient (Wildman–Crippen LogP) is 6.51. The standard InChI is InChI=1S/C40H54N12O4S2/c1-39(2,35(53)55-19-23-5-11-27(17-23)51-21-43-29-31(45-25-7-8-25)47-37(41)49-33(29)51)13-15-57-58-16-14-40(3,4)36(54)56-20-24-6-12-28(18-24)52-22-44-30-32(46-26-9-10-26)48-38(42)50-34(30)52/h5-6,11-12,21-28H,7-10,13-20H2,1-4H3,(H3,41,45,47,49)(H3,42,46,48,50)/t23-,24-,27+,28+/m1/s1.